The summed E-state index contributed by atoms with van der Waals surface area (Å²) in [6.07, 6.45) is 5.32. The number of hydrogen-bond acceptors (Lipinski definition) is 7. The molecule has 0 saturated carbocycles. The van der Waals surface area contributed by atoms with Crippen LogP contribution in [0.3, 0.4) is 0 Å². The van der Waals surface area contributed by atoms with E-state index in [1.54, 1.807) is 12.4 Å². The van der Waals surface area contributed by atoms with Gasteiger partial charge in [0.2, 0.25) is 0 Å². The predicted octanol–water partition coefficient (Wildman–Crippen LogP) is 1.77. The summed E-state index contributed by atoms with van der Waals surface area (Å²) in [5.74, 6) is 0.890. The number of pyridine rings is 2. The lowest BCUT2D eigenvalue weighted by Crippen LogP contribution is -2.44. The van der Waals surface area contributed by atoms with Gasteiger partial charge in [0.1, 0.15) is 5.82 Å². The van der Waals surface area contributed by atoms with Gasteiger partial charge in [0.25, 0.3) is 0 Å². The normalized spacial score (nSPS) is 14.2. The lowest BCUT2D eigenvalue weighted by Gasteiger charge is -2.28. The van der Waals surface area contributed by atoms with Crippen molar-refractivity contribution in [1.82, 2.24) is 25.1 Å². The number of piperazine rings is 1. The van der Waals surface area contributed by atoms with Crippen molar-refractivity contribution in [3.63, 3.8) is 0 Å². The summed E-state index contributed by atoms with van der Waals surface area (Å²) in [6, 6.07) is 7.62. The molecule has 1 saturated heterocycles. The van der Waals surface area contributed by atoms with E-state index in [0.717, 1.165) is 49.8 Å². The van der Waals surface area contributed by atoms with Crippen LogP contribution in [0, 0.1) is 5.41 Å². The Morgan fingerprint density at radius 2 is 2.07 bits per heavy atom. The summed E-state index contributed by atoms with van der Waals surface area (Å²) >= 11 is 0. The summed E-state index contributed by atoms with van der Waals surface area (Å²) in [6.45, 7) is 6.52. The second kappa shape index (κ2) is 7.77. The van der Waals surface area contributed by atoms with Crippen LogP contribution >= 0.6 is 0 Å². The largest absolute Gasteiger partial charge is 0.397 e. The zero-order valence-corrected chi connectivity index (χ0v) is 15.9. The number of aryl methyl sites for hydroxylation is 1. The molecule has 3 aromatic rings. The third kappa shape index (κ3) is 3.59. The first-order valence-electron chi connectivity index (χ1n) is 9.46. The van der Waals surface area contributed by atoms with Crippen molar-refractivity contribution in [2.75, 3.05) is 36.8 Å². The van der Waals surface area contributed by atoms with Crippen LogP contribution in [0.4, 0.5) is 11.5 Å². The molecule has 4 heterocycles. The zero-order chi connectivity index (χ0) is 19.5. The predicted molar refractivity (Wildman–Crippen MR) is 111 cm³/mol. The molecule has 4 rings (SSSR count). The van der Waals surface area contributed by atoms with Crippen molar-refractivity contribution in [3.8, 4) is 11.3 Å². The van der Waals surface area contributed by atoms with Crippen LogP contribution in [-0.2, 0) is 6.54 Å². The number of rotatable bonds is 5. The SMILES string of the molecule is CCn1cc(-c2cc(C(=N)c3cccc(N4CCNCC4)n3)c(N)cn2)cn1. The molecule has 0 spiro atoms. The van der Waals surface area contributed by atoms with Gasteiger partial charge in [-0.25, -0.2) is 4.98 Å². The highest BCUT2D eigenvalue weighted by Crippen LogP contribution is 2.23. The first-order chi connectivity index (χ1) is 13.7. The lowest BCUT2D eigenvalue weighted by molar-refractivity contribution is 0.585. The molecular formula is C20H24N8. The number of hydrogen-bond donors (Lipinski definition) is 3. The van der Waals surface area contributed by atoms with Crippen LogP contribution in [-0.4, -0.2) is 51.6 Å². The van der Waals surface area contributed by atoms with Gasteiger partial charge in [-0.3, -0.25) is 15.1 Å². The Hall–Kier alpha value is -3.26. The Morgan fingerprint density at radius 3 is 2.82 bits per heavy atom. The Balaban J connectivity index is 1.65. The van der Waals surface area contributed by atoms with E-state index in [2.05, 4.69) is 20.3 Å². The van der Waals surface area contributed by atoms with Crippen molar-refractivity contribution in [2.45, 2.75) is 13.5 Å². The van der Waals surface area contributed by atoms with Crippen molar-refractivity contribution in [3.05, 3.63) is 54.1 Å². The van der Waals surface area contributed by atoms with E-state index < -0.39 is 0 Å². The number of nitrogens with two attached hydrogens (primary N) is 1. The van der Waals surface area contributed by atoms with Crippen molar-refractivity contribution in [2.24, 2.45) is 0 Å². The highest BCUT2D eigenvalue weighted by atomic mass is 15.3. The minimum Gasteiger partial charge on any atom is -0.397 e. The molecule has 144 valence electrons. The van der Waals surface area contributed by atoms with E-state index in [0.29, 0.717) is 22.7 Å². The first kappa shape index (κ1) is 18.1. The Labute approximate surface area is 163 Å². The average molecular weight is 376 g/mol. The van der Waals surface area contributed by atoms with E-state index in [4.69, 9.17) is 16.1 Å². The van der Waals surface area contributed by atoms with Gasteiger partial charge in [0, 0.05) is 50.0 Å². The maximum atomic E-state index is 8.70. The van der Waals surface area contributed by atoms with Gasteiger partial charge in [-0.15, -0.1) is 0 Å². The first-order valence-corrected chi connectivity index (χ1v) is 9.46. The molecule has 8 heteroatoms. The zero-order valence-electron chi connectivity index (χ0n) is 15.9. The molecule has 1 aliphatic heterocycles. The molecule has 28 heavy (non-hydrogen) atoms. The van der Waals surface area contributed by atoms with Gasteiger partial charge in [-0.1, -0.05) is 6.07 Å². The van der Waals surface area contributed by atoms with E-state index >= 15 is 0 Å². The minimum absolute atomic E-state index is 0.293. The Kier molecular flexibility index (Phi) is 5.03. The van der Waals surface area contributed by atoms with Crippen LogP contribution in [0.25, 0.3) is 11.3 Å². The maximum Gasteiger partial charge on any atom is 0.129 e. The monoisotopic (exact) mass is 376 g/mol. The molecule has 0 aromatic carbocycles. The van der Waals surface area contributed by atoms with Gasteiger partial charge < -0.3 is 16.0 Å². The third-order valence-electron chi connectivity index (χ3n) is 4.89. The topological polar surface area (TPSA) is 109 Å². The average Bonchev–Trinajstić information content (AvgIpc) is 3.24. The van der Waals surface area contributed by atoms with Crippen LogP contribution in [0.5, 0.6) is 0 Å². The molecule has 3 aromatic heterocycles. The van der Waals surface area contributed by atoms with Crippen molar-refractivity contribution < 1.29 is 0 Å². The second-order valence-electron chi connectivity index (χ2n) is 6.73. The Bertz CT molecular complexity index is 987. The highest BCUT2D eigenvalue weighted by molar-refractivity contribution is 6.13. The molecule has 4 N–H and O–H groups in total. The van der Waals surface area contributed by atoms with Crippen molar-refractivity contribution in [1.29, 1.82) is 5.41 Å². The number of nitrogens with zero attached hydrogens (tertiary/aromatic N) is 5. The van der Waals surface area contributed by atoms with Crippen LogP contribution in [0.2, 0.25) is 0 Å². The number of anilines is 2. The van der Waals surface area contributed by atoms with E-state index in [1.165, 1.54) is 0 Å². The van der Waals surface area contributed by atoms with Gasteiger partial charge in [0.15, 0.2) is 0 Å². The third-order valence-corrected chi connectivity index (χ3v) is 4.89. The molecule has 1 fully saturated rings. The number of nitrogens with one attached hydrogen (secondary N) is 2. The van der Waals surface area contributed by atoms with Crippen molar-refractivity contribution >= 4 is 17.2 Å². The quantitative estimate of drug-likeness (QED) is 0.586. The van der Waals surface area contributed by atoms with E-state index in [1.807, 2.05) is 42.1 Å². The molecule has 0 amide bonds. The second-order valence-corrected chi connectivity index (χ2v) is 6.73. The summed E-state index contributed by atoms with van der Waals surface area (Å²) in [7, 11) is 0. The van der Waals surface area contributed by atoms with Gasteiger partial charge in [-0.2, -0.15) is 5.10 Å². The molecule has 0 unspecified atom stereocenters. The standard InChI is InChI=1S/C20H24N8/c1-2-28-13-14(11-25-28)18-10-15(16(21)12-24-18)20(22)17-4-3-5-19(26-17)27-8-6-23-7-9-27/h3-5,10-13,22-23H,2,6-9,21H2,1H3. The van der Waals surface area contributed by atoms with Crippen LogP contribution in [0.15, 0.2) is 42.9 Å². The highest BCUT2D eigenvalue weighted by Gasteiger charge is 2.16. The lowest BCUT2D eigenvalue weighted by atomic mass is 10.0. The van der Waals surface area contributed by atoms with Gasteiger partial charge in [0.05, 0.1) is 35.2 Å². The number of aromatic nitrogens is 4. The molecule has 0 radical (unpaired) electrons. The summed E-state index contributed by atoms with van der Waals surface area (Å²) in [4.78, 5) is 11.4. The fourth-order valence-corrected chi connectivity index (χ4v) is 3.28. The molecule has 8 nitrogen and oxygen atoms in total. The molecule has 0 bridgehead atoms. The fourth-order valence-electron chi connectivity index (χ4n) is 3.28. The van der Waals surface area contributed by atoms with Gasteiger partial charge >= 0.3 is 0 Å². The molecular weight excluding hydrogens is 352 g/mol. The van der Waals surface area contributed by atoms with E-state index in [-0.39, 0.29) is 0 Å². The molecule has 1 aliphatic rings. The number of nitrogen functional groups attached to an aromatic ring is 1. The maximum absolute atomic E-state index is 8.70. The Morgan fingerprint density at radius 1 is 1.25 bits per heavy atom. The summed E-state index contributed by atoms with van der Waals surface area (Å²) in [5, 5.41) is 16.3. The smallest absolute Gasteiger partial charge is 0.129 e. The minimum atomic E-state index is 0.293. The van der Waals surface area contributed by atoms with Crippen LogP contribution in [0.1, 0.15) is 18.2 Å². The molecule has 0 atom stereocenters. The van der Waals surface area contributed by atoms with E-state index in [9.17, 15) is 0 Å². The molecule has 0 aliphatic carbocycles. The fraction of sp³-hybridized carbons (Fsp3) is 0.300. The summed E-state index contributed by atoms with van der Waals surface area (Å²) in [5.41, 5.74) is 9.77. The van der Waals surface area contributed by atoms with Crippen LogP contribution < -0.4 is 16.0 Å². The summed E-state index contributed by atoms with van der Waals surface area (Å²) < 4.78 is 1.84. The van der Waals surface area contributed by atoms with Gasteiger partial charge in [-0.05, 0) is 25.1 Å².